The van der Waals surface area contributed by atoms with Crippen molar-refractivity contribution in [2.75, 3.05) is 18.0 Å². The Kier molecular flexibility index (Phi) is 6.05. The highest BCUT2D eigenvalue weighted by molar-refractivity contribution is 5.80. The fourth-order valence-electron chi connectivity index (χ4n) is 4.70. The van der Waals surface area contributed by atoms with Crippen LogP contribution in [-0.2, 0) is 4.79 Å². The molecule has 174 valence electrons. The van der Waals surface area contributed by atoms with E-state index in [0.29, 0.717) is 0 Å². The first-order valence-electron chi connectivity index (χ1n) is 12.0. The minimum absolute atomic E-state index is 0.0118. The van der Waals surface area contributed by atoms with E-state index >= 15 is 0 Å². The van der Waals surface area contributed by atoms with E-state index in [-0.39, 0.29) is 17.9 Å². The van der Waals surface area contributed by atoms with E-state index < -0.39 is 0 Å². The molecule has 5 rings (SSSR count). The molecule has 34 heavy (non-hydrogen) atoms. The van der Waals surface area contributed by atoms with Gasteiger partial charge in [-0.2, -0.15) is 5.10 Å². The maximum Gasteiger partial charge on any atom is 0.223 e. The number of aryl methyl sites for hydroxylation is 2. The molecule has 1 fully saturated rings. The highest BCUT2D eigenvalue weighted by Crippen LogP contribution is 2.29. The van der Waals surface area contributed by atoms with E-state index in [2.05, 4.69) is 60.5 Å². The van der Waals surface area contributed by atoms with Gasteiger partial charge in [-0.05, 0) is 62.4 Å². The minimum atomic E-state index is 0.0118. The second kappa shape index (κ2) is 9.29. The molecule has 1 aliphatic heterocycles. The van der Waals surface area contributed by atoms with E-state index in [4.69, 9.17) is 10.1 Å². The summed E-state index contributed by atoms with van der Waals surface area (Å²) in [6, 6.07) is 18.7. The molecule has 4 aromatic rings. The normalized spacial score (nSPS) is 15.4. The quantitative estimate of drug-likeness (QED) is 0.456. The highest BCUT2D eigenvalue weighted by Gasteiger charge is 2.27. The zero-order valence-corrected chi connectivity index (χ0v) is 20.0. The summed E-state index contributed by atoms with van der Waals surface area (Å²) in [5.74, 6) is 1.10. The molecule has 1 saturated heterocycles. The molecule has 1 amide bonds. The van der Waals surface area contributed by atoms with Crippen LogP contribution in [0.5, 0.6) is 0 Å². The van der Waals surface area contributed by atoms with Crippen LogP contribution in [0.1, 0.15) is 42.5 Å². The third kappa shape index (κ3) is 4.40. The maximum atomic E-state index is 12.9. The smallest absolute Gasteiger partial charge is 0.223 e. The van der Waals surface area contributed by atoms with Gasteiger partial charge in [0.05, 0.1) is 11.7 Å². The summed E-state index contributed by atoms with van der Waals surface area (Å²) in [6.07, 6.45) is 5.33. The Hall–Kier alpha value is -3.67. The molecule has 0 aliphatic carbocycles. The lowest BCUT2D eigenvalue weighted by molar-refractivity contribution is -0.126. The average molecular weight is 454 g/mol. The van der Waals surface area contributed by atoms with Gasteiger partial charge in [0.15, 0.2) is 5.82 Å². The van der Waals surface area contributed by atoms with Crippen LogP contribution >= 0.6 is 0 Å². The third-order valence-corrected chi connectivity index (χ3v) is 7.00. The lowest BCUT2D eigenvalue weighted by Crippen LogP contribution is -2.41. The molecule has 1 N–H and O–H groups in total. The highest BCUT2D eigenvalue weighted by atomic mass is 16.1. The van der Waals surface area contributed by atoms with E-state index in [1.807, 2.05) is 35.8 Å². The first kappa shape index (κ1) is 22.1. The first-order chi connectivity index (χ1) is 16.5. The topological polar surface area (TPSA) is 62.5 Å². The summed E-state index contributed by atoms with van der Waals surface area (Å²) < 4.78 is 1.91. The molecule has 0 bridgehead atoms. The van der Waals surface area contributed by atoms with Gasteiger partial charge in [0.25, 0.3) is 0 Å². The summed E-state index contributed by atoms with van der Waals surface area (Å²) >= 11 is 0. The van der Waals surface area contributed by atoms with Crippen molar-refractivity contribution in [3.05, 3.63) is 83.7 Å². The summed E-state index contributed by atoms with van der Waals surface area (Å²) in [7, 11) is 0. The Balaban J connectivity index is 1.28. The molecule has 6 heteroatoms. The number of rotatable bonds is 5. The van der Waals surface area contributed by atoms with Gasteiger partial charge in [-0.3, -0.25) is 4.79 Å². The molecule has 0 radical (unpaired) electrons. The van der Waals surface area contributed by atoms with Crippen LogP contribution in [0.15, 0.2) is 67.0 Å². The van der Waals surface area contributed by atoms with Crippen molar-refractivity contribution >= 4 is 17.2 Å². The lowest BCUT2D eigenvalue weighted by atomic mass is 9.95. The number of hydrogen-bond donors (Lipinski definition) is 1. The van der Waals surface area contributed by atoms with Crippen molar-refractivity contribution in [3.63, 3.8) is 0 Å². The van der Waals surface area contributed by atoms with Crippen molar-refractivity contribution in [3.8, 4) is 11.3 Å². The molecular weight excluding hydrogens is 422 g/mol. The van der Waals surface area contributed by atoms with E-state index in [1.165, 1.54) is 11.1 Å². The summed E-state index contributed by atoms with van der Waals surface area (Å²) in [4.78, 5) is 19.9. The number of fused-ring (bicyclic) bond motifs is 1. The zero-order valence-electron chi connectivity index (χ0n) is 20.0. The van der Waals surface area contributed by atoms with Crippen molar-refractivity contribution in [2.45, 2.75) is 39.7 Å². The molecule has 6 nitrogen and oxygen atoms in total. The standard InChI is InChI=1S/C28H31N5O/c1-19-9-10-24(17-20(19)2)25-18-26-27(29-13-16-33(26)31-25)32-14-11-23(12-15-32)28(34)30-21(3)22-7-5-4-6-8-22/h4-10,13,16-18,21,23H,11-12,14-15H2,1-3H3,(H,30,34)/t21-/m0/s1. The maximum absolute atomic E-state index is 12.9. The SMILES string of the molecule is Cc1ccc(-c2cc3c(N4CCC(C(=O)N[C@@H](C)c5ccccc5)CC4)nccn3n2)cc1C. The first-order valence-corrected chi connectivity index (χ1v) is 12.0. The summed E-state index contributed by atoms with van der Waals surface area (Å²) in [5.41, 5.74) is 6.72. The van der Waals surface area contributed by atoms with Gasteiger partial charge in [0, 0.05) is 37.0 Å². The number of hydrogen-bond acceptors (Lipinski definition) is 4. The lowest BCUT2D eigenvalue weighted by Gasteiger charge is -2.32. The van der Waals surface area contributed by atoms with Crippen LogP contribution in [-0.4, -0.2) is 33.6 Å². The van der Waals surface area contributed by atoms with Crippen LogP contribution in [0.2, 0.25) is 0 Å². The van der Waals surface area contributed by atoms with Crippen molar-refractivity contribution in [2.24, 2.45) is 5.92 Å². The summed E-state index contributed by atoms with van der Waals surface area (Å²) in [6.45, 7) is 7.89. The largest absolute Gasteiger partial charge is 0.355 e. The van der Waals surface area contributed by atoms with Crippen LogP contribution in [0.25, 0.3) is 16.8 Å². The van der Waals surface area contributed by atoms with Crippen molar-refractivity contribution < 1.29 is 4.79 Å². The number of nitrogens with zero attached hydrogens (tertiary/aromatic N) is 4. The molecule has 1 atom stereocenters. The molecule has 0 spiro atoms. The number of piperidine rings is 1. The Morgan fingerprint density at radius 3 is 2.53 bits per heavy atom. The van der Waals surface area contributed by atoms with Gasteiger partial charge < -0.3 is 10.2 Å². The van der Waals surface area contributed by atoms with Gasteiger partial charge in [-0.15, -0.1) is 0 Å². The van der Waals surface area contributed by atoms with Gasteiger partial charge in [-0.25, -0.2) is 9.50 Å². The van der Waals surface area contributed by atoms with Crippen LogP contribution in [0, 0.1) is 19.8 Å². The Labute approximate surface area is 200 Å². The van der Waals surface area contributed by atoms with Crippen molar-refractivity contribution in [1.82, 2.24) is 19.9 Å². The number of amides is 1. The number of nitrogens with one attached hydrogen (secondary N) is 1. The fraction of sp³-hybridized carbons (Fsp3) is 0.321. The number of benzene rings is 2. The van der Waals surface area contributed by atoms with Gasteiger partial charge in [0.2, 0.25) is 5.91 Å². The molecular formula is C28H31N5O. The van der Waals surface area contributed by atoms with Crippen LogP contribution < -0.4 is 10.2 Å². The number of carbonyl (C=O) groups is 1. The number of anilines is 1. The summed E-state index contributed by atoms with van der Waals surface area (Å²) in [5, 5.41) is 7.99. The molecule has 0 unspecified atom stereocenters. The molecule has 0 saturated carbocycles. The molecule has 3 heterocycles. The number of aromatic nitrogens is 3. The Morgan fingerprint density at radius 1 is 1.03 bits per heavy atom. The fourth-order valence-corrected chi connectivity index (χ4v) is 4.70. The molecule has 1 aliphatic rings. The second-order valence-electron chi connectivity index (χ2n) is 9.31. The van der Waals surface area contributed by atoms with Gasteiger partial charge >= 0.3 is 0 Å². The minimum Gasteiger partial charge on any atom is -0.355 e. The monoisotopic (exact) mass is 453 g/mol. The van der Waals surface area contributed by atoms with Crippen molar-refractivity contribution in [1.29, 1.82) is 0 Å². The van der Waals surface area contributed by atoms with E-state index in [1.54, 1.807) is 6.20 Å². The predicted octanol–water partition coefficient (Wildman–Crippen LogP) is 5.11. The average Bonchev–Trinajstić information content (AvgIpc) is 3.31. The number of carbonyl (C=O) groups excluding carboxylic acids is 1. The second-order valence-corrected chi connectivity index (χ2v) is 9.31. The predicted molar refractivity (Wildman–Crippen MR) is 136 cm³/mol. The zero-order chi connectivity index (χ0) is 23.7. The van der Waals surface area contributed by atoms with Crippen LogP contribution in [0.4, 0.5) is 5.82 Å². The van der Waals surface area contributed by atoms with E-state index in [0.717, 1.165) is 54.1 Å². The van der Waals surface area contributed by atoms with Crippen LogP contribution in [0.3, 0.4) is 0 Å². The third-order valence-electron chi connectivity index (χ3n) is 7.00. The Morgan fingerprint density at radius 2 is 1.79 bits per heavy atom. The molecule has 2 aromatic heterocycles. The van der Waals surface area contributed by atoms with E-state index in [9.17, 15) is 4.79 Å². The molecule has 2 aromatic carbocycles. The van der Waals surface area contributed by atoms with Gasteiger partial charge in [-0.1, -0.05) is 42.5 Å². The Bertz CT molecular complexity index is 1310. The van der Waals surface area contributed by atoms with Gasteiger partial charge in [0.1, 0.15) is 5.52 Å².